The molecule has 2 N–H and O–H groups in total. The van der Waals surface area contributed by atoms with Crippen LogP contribution in [-0.4, -0.2) is 74.9 Å². The summed E-state index contributed by atoms with van der Waals surface area (Å²) in [6.07, 6.45) is 0. The monoisotopic (exact) mass is 369 g/mol. The van der Waals surface area contributed by atoms with Gasteiger partial charge in [0.2, 0.25) is 0 Å². The third kappa shape index (κ3) is 9.06. The molecular weight excluding hydrogens is 361 g/mol. The molecule has 0 aromatic heterocycles. The molecule has 0 rings (SSSR count). The Morgan fingerprint density at radius 1 is 1.25 bits per heavy atom. The second-order valence-electron chi connectivity index (χ2n) is 0. The van der Waals surface area contributed by atoms with Gasteiger partial charge in [-0.15, -0.1) is 0 Å². The van der Waals surface area contributed by atoms with E-state index in [2.05, 4.69) is 0 Å². The largest absolute Gasteiger partial charge is 2.00 e. The van der Waals surface area contributed by atoms with Crippen molar-refractivity contribution in [3.8, 4) is 0 Å². The van der Waals surface area contributed by atoms with E-state index in [9.17, 15) is 0 Å². The minimum atomic E-state index is 0. The molecule has 0 saturated heterocycles. The van der Waals surface area contributed by atoms with E-state index in [-0.39, 0.29) is 113 Å². The van der Waals surface area contributed by atoms with Gasteiger partial charge in [0, 0.05) is 35.6 Å². The first-order valence-corrected chi connectivity index (χ1v) is 0. The average Bonchev–Trinajstić information content (AvgIpc) is 0. The first-order valence-electron chi connectivity index (χ1n) is 0. The molecule has 0 fully saturated rings. The van der Waals surface area contributed by atoms with E-state index in [0.717, 1.165) is 0 Å². The van der Waals surface area contributed by atoms with Crippen molar-refractivity contribution in [2.24, 2.45) is 0 Å². The first-order chi connectivity index (χ1) is 0. The molecule has 0 unspecified atom stereocenters. The zero-order chi connectivity index (χ0) is 0. The molecule has 0 bridgehead atoms. The van der Waals surface area contributed by atoms with Gasteiger partial charge in [0.05, 0.1) is 0 Å². The Morgan fingerprint density at radius 2 is 1.25 bits per heavy atom. The summed E-state index contributed by atoms with van der Waals surface area (Å²) < 4.78 is 0. The van der Waals surface area contributed by atoms with E-state index in [0.29, 0.717) is 0 Å². The van der Waals surface area contributed by atoms with E-state index in [1.165, 1.54) is 0 Å². The van der Waals surface area contributed by atoms with Crippen molar-refractivity contribution in [2.75, 3.05) is 0 Å². The molecule has 3 radical (unpaired) electrons. The van der Waals surface area contributed by atoms with Crippen LogP contribution >= 0.6 is 0 Å². The molecule has 0 spiro atoms. The summed E-state index contributed by atoms with van der Waals surface area (Å²) >= 11 is 0. The van der Waals surface area contributed by atoms with Gasteiger partial charge < -0.3 is 8.33 Å². The predicted octanol–water partition coefficient (Wildman–Crippen LogP) is -1.90. The van der Waals surface area contributed by atoms with Crippen LogP contribution in [0.5, 0.6) is 0 Å². The zero-order valence-corrected chi connectivity index (χ0v) is 13.6. The fraction of sp³-hybridized carbons (Fsp3) is 0. The van der Waals surface area contributed by atoms with Gasteiger partial charge >= 0.3 is 69.4 Å². The fourth-order valence-corrected chi connectivity index (χ4v) is 0. The van der Waals surface area contributed by atoms with Crippen molar-refractivity contribution >= 4 is 69.4 Å². The molecule has 4 heavy (non-hydrogen) atoms. The van der Waals surface area contributed by atoms with Crippen LogP contribution in [0.4, 0.5) is 0 Å². The maximum Gasteiger partial charge on any atom is 2.00 e. The summed E-state index contributed by atoms with van der Waals surface area (Å²) in [4.78, 5) is 0. The van der Waals surface area contributed by atoms with Crippen molar-refractivity contribution in [1.82, 2.24) is 0 Å². The zero-order valence-electron chi connectivity index (χ0n) is 4.49. The van der Waals surface area contributed by atoms with Crippen LogP contribution in [0.15, 0.2) is 0 Å². The molecule has 0 atom stereocenters. The molecule has 0 aromatic rings. The van der Waals surface area contributed by atoms with Gasteiger partial charge in [0.1, 0.15) is 0 Å². The Morgan fingerprint density at radius 3 is 1.25 bits per heavy atom. The smallest absolute Gasteiger partial charge is 2.00 e. The Hall–Kier alpha value is 3.43. The fourth-order valence-electron chi connectivity index (χ4n) is 0. The Labute approximate surface area is 110 Å². The van der Waals surface area contributed by atoms with Crippen LogP contribution < -0.4 is 0 Å². The standard InChI is InChI=1S/La.H2O.Sn.Sr.4H/h;1H2;;;;;;/q;;;+2;;;2*-1. The summed E-state index contributed by atoms with van der Waals surface area (Å²) in [5.74, 6) is 0. The van der Waals surface area contributed by atoms with Crippen LogP contribution in [0.1, 0.15) is 2.85 Å². The van der Waals surface area contributed by atoms with E-state index in [1.54, 1.807) is 0 Å². The molecule has 0 aliphatic rings. The molecule has 4 heteroatoms. The second kappa shape index (κ2) is 16.1. The van der Waals surface area contributed by atoms with Crippen LogP contribution in [0, 0.1) is 35.6 Å². The summed E-state index contributed by atoms with van der Waals surface area (Å²) in [6, 6.07) is 0. The van der Waals surface area contributed by atoms with Gasteiger partial charge in [-0.3, -0.25) is 0 Å². The van der Waals surface area contributed by atoms with E-state index < -0.39 is 0 Å². The number of rotatable bonds is 0. The minimum Gasteiger partial charge on any atom is 2.00 e. The third-order valence-electron chi connectivity index (χ3n) is 0. The summed E-state index contributed by atoms with van der Waals surface area (Å²) in [5.41, 5.74) is 0. The van der Waals surface area contributed by atoms with Crippen LogP contribution in [-0.2, 0) is 0 Å². The Kier molecular flexibility index (Phi) is 105. The molecule has 0 heterocycles. The SMILES string of the molecule is O.[H-].[H-].[La].[SnH2].[Sr+2]. The molecular formula is H6LaOSnSr. The van der Waals surface area contributed by atoms with Crippen molar-refractivity contribution < 1.29 is 43.9 Å². The maximum absolute atomic E-state index is 0. The normalized spacial score (nSPS) is 0. The minimum absolute atomic E-state index is 0. The summed E-state index contributed by atoms with van der Waals surface area (Å²) in [7, 11) is 0. The van der Waals surface area contributed by atoms with Gasteiger partial charge in [-0.25, -0.2) is 0 Å². The molecule has 0 aliphatic heterocycles. The molecule has 0 aromatic carbocycles. The van der Waals surface area contributed by atoms with Gasteiger partial charge in [-0.2, -0.15) is 0 Å². The maximum atomic E-state index is 0. The van der Waals surface area contributed by atoms with Crippen molar-refractivity contribution in [3.63, 3.8) is 0 Å². The topological polar surface area (TPSA) is 31.5 Å². The van der Waals surface area contributed by atoms with Gasteiger partial charge in [0.25, 0.3) is 0 Å². The molecule has 0 aliphatic carbocycles. The second-order valence-corrected chi connectivity index (χ2v) is 0. The van der Waals surface area contributed by atoms with Crippen molar-refractivity contribution in [1.29, 1.82) is 0 Å². The Balaban J connectivity index is 0. The quantitative estimate of drug-likeness (QED) is 0.449. The third-order valence-corrected chi connectivity index (χ3v) is 0. The number of hydrogen-bond acceptors (Lipinski definition) is 0. The van der Waals surface area contributed by atoms with Gasteiger partial charge in [0.15, 0.2) is 0 Å². The first kappa shape index (κ1) is 26.1. The number of hydrogen-bond donors (Lipinski definition) is 0. The summed E-state index contributed by atoms with van der Waals surface area (Å²) in [6.45, 7) is 0. The molecule has 21 valence electrons. The molecule has 0 saturated carbocycles. The van der Waals surface area contributed by atoms with Gasteiger partial charge in [-0.1, -0.05) is 0 Å². The predicted molar refractivity (Wildman–Crippen MR) is 20.1 cm³/mol. The van der Waals surface area contributed by atoms with Gasteiger partial charge in [-0.05, 0) is 0 Å². The average molecular weight is 367 g/mol. The van der Waals surface area contributed by atoms with Crippen molar-refractivity contribution in [3.05, 3.63) is 0 Å². The Bertz CT molecular complexity index is 13.5. The van der Waals surface area contributed by atoms with E-state index in [1.807, 2.05) is 0 Å². The van der Waals surface area contributed by atoms with E-state index >= 15 is 0 Å². The molecule has 0 amide bonds. The van der Waals surface area contributed by atoms with Crippen LogP contribution in [0.2, 0.25) is 0 Å². The molecule has 1 nitrogen and oxygen atoms in total. The summed E-state index contributed by atoms with van der Waals surface area (Å²) in [5, 5.41) is 0. The van der Waals surface area contributed by atoms with Crippen LogP contribution in [0.25, 0.3) is 0 Å². The van der Waals surface area contributed by atoms with Crippen LogP contribution in [0.3, 0.4) is 0 Å². The van der Waals surface area contributed by atoms with E-state index in [4.69, 9.17) is 0 Å². The van der Waals surface area contributed by atoms with Crippen molar-refractivity contribution in [2.45, 2.75) is 0 Å².